The molecule has 4 heteroatoms. The SMILES string of the molecule is Cc1ccc(-n2c3ccccc3c3c(-c4cc(Br)cc5c4c4ccccc4n5-c4ccc(C)cc4)cc(Br)cc32)cc1. The van der Waals surface area contributed by atoms with E-state index in [0.29, 0.717) is 0 Å². The van der Waals surface area contributed by atoms with E-state index in [2.05, 4.69) is 176 Å². The van der Waals surface area contributed by atoms with E-state index in [0.717, 1.165) is 20.3 Å². The van der Waals surface area contributed by atoms with Crippen molar-refractivity contribution in [3.63, 3.8) is 0 Å². The van der Waals surface area contributed by atoms with Gasteiger partial charge >= 0.3 is 0 Å². The Bertz CT molecular complexity index is 2150. The summed E-state index contributed by atoms with van der Waals surface area (Å²) in [6.07, 6.45) is 0. The predicted molar refractivity (Wildman–Crippen MR) is 185 cm³/mol. The Hall–Kier alpha value is -4.12. The van der Waals surface area contributed by atoms with Crippen LogP contribution in [0.25, 0.3) is 66.1 Å². The van der Waals surface area contributed by atoms with E-state index in [1.165, 1.54) is 65.9 Å². The fourth-order valence-corrected chi connectivity index (χ4v) is 7.38. The molecule has 0 spiro atoms. The van der Waals surface area contributed by atoms with Crippen LogP contribution >= 0.6 is 31.9 Å². The average Bonchev–Trinajstić information content (AvgIpc) is 3.50. The monoisotopic (exact) mass is 668 g/mol. The highest BCUT2D eigenvalue weighted by Gasteiger charge is 2.22. The fourth-order valence-electron chi connectivity index (χ4n) is 6.49. The standard InChI is InChI=1S/C38H26Br2N2/c1-23-11-15-27(16-12-23)41-33-9-5-3-7-29(33)37-31(19-25(39)21-35(37)41)32-20-26(40)22-36-38(32)30-8-4-6-10-34(30)42(36)28-17-13-24(2)14-18-28/h3-22H,1-2H3. The van der Waals surface area contributed by atoms with Crippen LogP contribution in [0, 0.1) is 13.8 Å². The van der Waals surface area contributed by atoms with Crippen LogP contribution in [-0.4, -0.2) is 9.13 Å². The third-order valence-electron chi connectivity index (χ3n) is 8.35. The Kier molecular flexibility index (Phi) is 5.92. The number of halogens is 2. The van der Waals surface area contributed by atoms with Crippen molar-refractivity contribution in [3.8, 4) is 22.5 Å². The number of nitrogens with zero attached hydrogens (tertiary/aromatic N) is 2. The van der Waals surface area contributed by atoms with Crippen LogP contribution in [0.3, 0.4) is 0 Å². The van der Waals surface area contributed by atoms with Gasteiger partial charge in [-0.15, -0.1) is 0 Å². The molecule has 0 atom stereocenters. The van der Waals surface area contributed by atoms with Gasteiger partial charge in [-0.25, -0.2) is 0 Å². The number of hydrogen-bond acceptors (Lipinski definition) is 0. The minimum atomic E-state index is 1.05. The van der Waals surface area contributed by atoms with Gasteiger partial charge in [-0.1, -0.05) is 104 Å². The normalized spacial score (nSPS) is 11.8. The van der Waals surface area contributed by atoms with E-state index in [1.807, 2.05) is 0 Å². The highest BCUT2D eigenvalue weighted by Crippen LogP contribution is 2.46. The second-order valence-corrected chi connectivity index (χ2v) is 12.9. The lowest BCUT2D eigenvalue weighted by Gasteiger charge is -2.13. The molecular weight excluding hydrogens is 644 g/mol. The van der Waals surface area contributed by atoms with Crippen LogP contribution in [0.2, 0.25) is 0 Å². The van der Waals surface area contributed by atoms with Crippen molar-refractivity contribution < 1.29 is 0 Å². The lowest BCUT2D eigenvalue weighted by atomic mass is 9.95. The molecule has 2 heterocycles. The Morgan fingerprint density at radius 2 is 0.810 bits per heavy atom. The van der Waals surface area contributed by atoms with Crippen molar-refractivity contribution in [2.75, 3.05) is 0 Å². The maximum absolute atomic E-state index is 3.91. The first-order chi connectivity index (χ1) is 20.5. The van der Waals surface area contributed by atoms with Crippen molar-refractivity contribution in [1.29, 1.82) is 0 Å². The topological polar surface area (TPSA) is 9.86 Å². The number of rotatable bonds is 3. The molecule has 0 fully saturated rings. The number of aromatic nitrogens is 2. The molecule has 42 heavy (non-hydrogen) atoms. The molecule has 0 amide bonds. The number of hydrogen-bond donors (Lipinski definition) is 0. The second-order valence-electron chi connectivity index (χ2n) is 11.1. The first kappa shape index (κ1) is 25.6. The Morgan fingerprint density at radius 3 is 1.21 bits per heavy atom. The highest BCUT2D eigenvalue weighted by molar-refractivity contribution is 9.10. The highest BCUT2D eigenvalue weighted by atomic mass is 79.9. The molecule has 2 nitrogen and oxygen atoms in total. The molecule has 2 aromatic heterocycles. The van der Waals surface area contributed by atoms with Gasteiger partial charge in [0.1, 0.15) is 0 Å². The van der Waals surface area contributed by atoms with E-state index in [1.54, 1.807) is 0 Å². The summed E-state index contributed by atoms with van der Waals surface area (Å²) in [5, 5.41) is 4.99. The molecular formula is C38H26Br2N2. The van der Waals surface area contributed by atoms with E-state index >= 15 is 0 Å². The lowest BCUT2D eigenvalue weighted by Crippen LogP contribution is -1.94. The second kappa shape index (κ2) is 9.72. The summed E-state index contributed by atoms with van der Waals surface area (Å²) < 4.78 is 6.89. The summed E-state index contributed by atoms with van der Waals surface area (Å²) in [4.78, 5) is 0. The third-order valence-corrected chi connectivity index (χ3v) is 9.27. The molecule has 0 saturated carbocycles. The summed E-state index contributed by atoms with van der Waals surface area (Å²) in [6.45, 7) is 4.27. The molecule has 0 aliphatic rings. The molecule has 0 radical (unpaired) electrons. The van der Waals surface area contributed by atoms with Crippen LogP contribution in [0.1, 0.15) is 11.1 Å². The first-order valence-electron chi connectivity index (χ1n) is 14.1. The van der Waals surface area contributed by atoms with Gasteiger partial charge in [0.2, 0.25) is 0 Å². The Labute approximate surface area is 261 Å². The molecule has 202 valence electrons. The molecule has 0 aliphatic heterocycles. The van der Waals surface area contributed by atoms with Gasteiger partial charge in [-0.3, -0.25) is 0 Å². The smallest absolute Gasteiger partial charge is 0.0558 e. The zero-order chi connectivity index (χ0) is 28.5. The molecule has 6 aromatic carbocycles. The van der Waals surface area contributed by atoms with Crippen molar-refractivity contribution in [2.45, 2.75) is 13.8 Å². The van der Waals surface area contributed by atoms with Gasteiger partial charge in [-0.2, -0.15) is 0 Å². The van der Waals surface area contributed by atoms with Crippen molar-refractivity contribution in [3.05, 3.63) is 141 Å². The third kappa shape index (κ3) is 3.89. The minimum absolute atomic E-state index is 1.05. The van der Waals surface area contributed by atoms with Crippen molar-refractivity contribution in [1.82, 2.24) is 9.13 Å². The molecule has 0 bridgehead atoms. The predicted octanol–water partition coefficient (Wildman–Crippen LogP) is 11.7. The van der Waals surface area contributed by atoms with Crippen LogP contribution in [0.4, 0.5) is 0 Å². The molecule has 0 unspecified atom stereocenters. The van der Waals surface area contributed by atoms with Gasteiger partial charge in [0.05, 0.1) is 22.1 Å². The Morgan fingerprint density at radius 1 is 0.429 bits per heavy atom. The van der Waals surface area contributed by atoms with Gasteiger partial charge in [-0.05, 0) is 85.6 Å². The van der Waals surface area contributed by atoms with Gasteiger partial charge in [0.25, 0.3) is 0 Å². The maximum atomic E-state index is 3.91. The molecule has 0 saturated heterocycles. The van der Waals surface area contributed by atoms with E-state index < -0.39 is 0 Å². The number of fused-ring (bicyclic) bond motifs is 6. The zero-order valence-electron chi connectivity index (χ0n) is 23.2. The number of aryl methyl sites for hydroxylation is 2. The Balaban J connectivity index is 1.54. The van der Waals surface area contributed by atoms with Crippen LogP contribution in [-0.2, 0) is 0 Å². The van der Waals surface area contributed by atoms with Crippen LogP contribution in [0.15, 0.2) is 130 Å². The largest absolute Gasteiger partial charge is 0.309 e. The summed E-state index contributed by atoms with van der Waals surface area (Å²) in [7, 11) is 0. The summed E-state index contributed by atoms with van der Waals surface area (Å²) >= 11 is 7.81. The average molecular weight is 670 g/mol. The van der Waals surface area contributed by atoms with E-state index in [-0.39, 0.29) is 0 Å². The van der Waals surface area contributed by atoms with Crippen molar-refractivity contribution >= 4 is 75.5 Å². The van der Waals surface area contributed by atoms with Gasteiger partial charge < -0.3 is 9.13 Å². The lowest BCUT2D eigenvalue weighted by molar-refractivity contribution is 1.17. The molecule has 0 aliphatic carbocycles. The number of para-hydroxylation sites is 2. The van der Waals surface area contributed by atoms with E-state index in [9.17, 15) is 0 Å². The van der Waals surface area contributed by atoms with Gasteiger partial charge in [0, 0.05) is 41.9 Å². The number of benzene rings is 6. The first-order valence-corrected chi connectivity index (χ1v) is 15.7. The van der Waals surface area contributed by atoms with Gasteiger partial charge in [0.15, 0.2) is 0 Å². The molecule has 8 aromatic rings. The summed E-state index contributed by atoms with van der Waals surface area (Å²) in [6, 6.07) is 44.2. The maximum Gasteiger partial charge on any atom is 0.0558 e. The zero-order valence-corrected chi connectivity index (χ0v) is 26.4. The molecule has 8 rings (SSSR count). The quantitative estimate of drug-likeness (QED) is 0.177. The van der Waals surface area contributed by atoms with E-state index in [4.69, 9.17) is 0 Å². The molecule has 0 N–H and O–H groups in total. The summed E-state index contributed by atoms with van der Waals surface area (Å²) in [5.74, 6) is 0. The van der Waals surface area contributed by atoms with Crippen LogP contribution in [0.5, 0.6) is 0 Å². The fraction of sp³-hybridized carbons (Fsp3) is 0.0526. The summed E-state index contributed by atoms with van der Waals surface area (Å²) in [5.41, 5.74) is 12.0. The van der Waals surface area contributed by atoms with Crippen molar-refractivity contribution in [2.24, 2.45) is 0 Å². The minimum Gasteiger partial charge on any atom is -0.309 e. The van der Waals surface area contributed by atoms with Crippen LogP contribution < -0.4 is 0 Å².